The highest BCUT2D eigenvalue weighted by molar-refractivity contribution is 6.37. The lowest BCUT2D eigenvalue weighted by atomic mass is 10.1. The molecule has 0 fully saturated rings. The second-order valence-corrected chi connectivity index (χ2v) is 3.71. The molecule has 1 rings (SSSR count). The van der Waals surface area contributed by atoms with Gasteiger partial charge in [-0.2, -0.15) is 0 Å². The Morgan fingerprint density at radius 1 is 1.57 bits per heavy atom. The molecule has 0 spiro atoms. The number of alkyl halides is 2. The first-order valence-electron chi connectivity index (χ1n) is 3.74. The molecule has 0 heterocycles. The quantitative estimate of drug-likeness (QED) is 0.802. The number of aliphatic carboxylic acids is 1. The second kappa shape index (κ2) is 3.75. The molecular weight excluding hydrogens is 230 g/mol. The van der Waals surface area contributed by atoms with E-state index in [1.165, 1.54) is 12.1 Å². The van der Waals surface area contributed by atoms with Crippen LogP contribution in [0.3, 0.4) is 0 Å². The zero-order chi connectivity index (χ0) is 10.9. The van der Waals surface area contributed by atoms with Crippen molar-refractivity contribution in [1.29, 1.82) is 0 Å². The third-order valence-corrected chi connectivity index (χ3v) is 2.67. The van der Waals surface area contributed by atoms with Crippen molar-refractivity contribution in [3.8, 4) is 0 Å². The molecule has 0 bridgehead atoms. The fourth-order valence-corrected chi connectivity index (χ4v) is 1.47. The molecule has 14 heavy (non-hydrogen) atoms. The van der Waals surface area contributed by atoms with Gasteiger partial charge in [-0.25, -0.2) is 9.18 Å². The number of benzene rings is 1. The maximum Gasteiger partial charge on any atom is 0.362 e. The first kappa shape index (κ1) is 11.3. The lowest BCUT2D eigenvalue weighted by Crippen LogP contribution is -2.24. The van der Waals surface area contributed by atoms with Crippen LogP contribution in [0.5, 0.6) is 0 Å². The van der Waals surface area contributed by atoms with E-state index in [-0.39, 0.29) is 10.6 Å². The predicted molar refractivity (Wildman–Crippen MR) is 52.5 cm³/mol. The van der Waals surface area contributed by atoms with Crippen molar-refractivity contribution >= 4 is 29.2 Å². The van der Waals surface area contributed by atoms with Gasteiger partial charge in [0.05, 0.1) is 5.02 Å². The number of carboxylic acid groups (broad SMARTS) is 1. The van der Waals surface area contributed by atoms with Gasteiger partial charge in [-0.3, -0.25) is 0 Å². The smallest absolute Gasteiger partial charge is 0.362 e. The van der Waals surface area contributed by atoms with Crippen LogP contribution in [0.1, 0.15) is 11.1 Å². The Bertz CT molecular complexity index is 377. The average Bonchev–Trinajstić information content (AvgIpc) is 2.09. The summed E-state index contributed by atoms with van der Waals surface area (Å²) >= 11 is 11.0. The lowest BCUT2D eigenvalue weighted by molar-refractivity contribution is -0.145. The minimum absolute atomic E-state index is 0.0346. The van der Waals surface area contributed by atoms with Gasteiger partial charge in [-0.05, 0) is 12.5 Å². The molecule has 2 nitrogen and oxygen atoms in total. The third-order valence-electron chi connectivity index (χ3n) is 1.80. The van der Waals surface area contributed by atoms with Gasteiger partial charge < -0.3 is 5.11 Å². The largest absolute Gasteiger partial charge is 0.478 e. The van der Waals surface area contributed by atoms with Gasteiger partial charge >= 0.3 is 11.1 Å². The highest BCUT2D eigenvalue weighted by Crippen LogP contribution is 2.37. The summed E-state index contributed by atoms with van der Waals surface area (Å²) in [6.45, 7) is 1.64. The summed E-state index contributed by atoms with van der Waals surface area (Å²) in [5, 5.41) is 5.61. The van der Waals surface area contributed by atoms with E-state index >= 15 is 0 Å². The number of carbonyl (C=O) groups is 1. The summed E-state index contributed by atoms with van der Waals surface area (Å²) in [4.78, 5) is 10.5. The van der Waals surface area contributed by atoms with E-state index in [1.807, 2.05) is 0 Å². The monoisotopic (exact) mass is 236 g/mol. The molecule has 5 heteroatoms. The van der Waals surface area contributed by atoms with Crippen LogP contribution in [0.25, 0.3) is 0 Å². The molecule has 0 aromatic heterocycles. The molecular formula is C9H7Cl2FO2. The fourth-order valence-electron chi connectivity index (χ4n) is 1.01. The van der Waals surface area contributed by atoms with Crippen molar-refractivity contribution in [3.05, 3.63) is 34.3 Å². The van der Waals surface area contributed by atoms with E-state index in [0.717, 1.165) is 0 Å². The standard InChI is InChI=1S/C9H7Cl2FO2/c1-5-3-2-4-6(7(5)10)9(11,12)8(13)14/h2-4H,1H3,(H,13,14). The molecule has 1 atom stereocenters. The normalized spacial score (nSPS) is 14.9. The van der Waals surface area contributed by atoms with Crippen LogP contribution in [0.4, 0.5) is 4.39 Å². The molecule has 76 valence electrons. The number of halogens is 3. The Labute approximate surface area is 90.3 Å². The molecule has 1 unspecified atom stereocenters. The van der Waals surface area contributed by atoms with Crippen LogP contribution in [0, 0.1) is 6.92 Å². The van der Waals surface area contributed by atoms with E-state index in [1.54, 1.807) is 13.0 Å². The van der Waals surface area contributed by atoms with Gasteiger partial charge in [-0.15, -0.1) is 0 Å². The number of rotatable bonds is 2. The summed E-state index contributed by atoms with van der Waals surface area (Å²) < 4.78 is 13.5. The van der Waals surface area contributed by atoms with E-state index in [2.05, 4.69) is 0 Å². The highest BCUT2D eigenvalue weighted by Gasteiger charge is 2.40. The van der Waals surface area contributed by atoms with E-state index in [4.69, 9.17) is 28.3 Å². The van der Waals surface area contributed by atoms with Crippen molar-refractivity contribution in [3.63, 3.8) is 0 Å². The third kappa shape index (κ3) is 1.83. The van der Waals surface area contributed by atoms with Crippen LogP contribution in [0.2, 0.25) is 5.02 Å². The maximum atomic E-state index is 13.5. The number of hydrogen-bond acceptors (Lipinski definition) is 1. The van der Waals surface area contributed by atoms with Gasteiger partial charge in [0.25, 0.3) is 0 Å². The molecule has 1 aromatic carbocycles. The van der Waals surface area contributed by atoms with Crippen molar-refractivity contribution in [2.24, 2.45) is 0 Å². The Balaban J connectivity index is 3.33. The first-order chi connectivity index (χ1) is 6.37. The van der Waals surface area contributed by atoms with Crippen LogP contribution < -0.4 is 0 Å². The van der Waals surface area contributed by atoms with Crippen molar-refractivity contribution in [1.82, 2.24) is 0 Å². The molecule has 0 saturated heterocycles. The Hall–Kier alpha value is -0.800. The minimum Gasteiger partial charge on any atom is -0.478 e. The summed E-state index contributed by atoms with van der Waals surface area (Å²) in [7, 11) is 0. The van der Waals surface area contributed by atoms with E-state index < -0.39 is 11.1 Å². The van der Waals surface area contributed by atoms with Crippen LogP contribution in [-0.4, -0.2) is 11.1 Å². The number of carboxylic acids is 1. The molecule has 0 aliphatic heterocycles. The van der Waals surface area contributed by atoms with Crippen molar-refractivity contribution in [2.75, 3.05) is 0 Å². The fraction of sp³-hybridized carbons (Fsp3) is 0.222. The second-order valence-electron chi connectivity index (χ2n) is 2.82. The Morgan fingerprint density at radius 2 is 2.14 bits per heavy atom. The lowest BCUT2D eigenvalue weighted by Gasteiger charge is -2.15. The summed E-state index contributed by atoms with van der Waals surface area (Å²) in [6.07, 6.45) is 0. The Morgan fingerprint density at radius 3 is 2.64 bits per heavy atom. The van der Waals surface area contributed by atoms with Gasteiger partial charge in [0, 0.05) is 5.56 Å². The van der Waals surface area contributed by atoms with Gasteiger partial charge in [-0.1, -0.05) is 41.4 Å². The molecule has 0 aliphatic carbocycles. The predicted octanol–water partition coefficient (Wildman–Crippen LogP) is 3.09. The SMILES string of the molecule is Cc1cccc(C(F)(Cl)C(=O)O)c1Cl. The Kier molecular flexibility index (Phi) is 3.02. The zero-order valence-electron chi connectivity index (χ0n) is 7.22. The summed E-state index contributed by atoms with van der Waals surface area (Å²) in [5.74, 6) is -1.77. The van der Waals surface area contributed by atoms with Gasteiger partial charge in [0.1, 0.15) is 0 Å². The molecule has 0 aliphatic rings. The topological polar surface area (TPSA) is 37.3 Å². The minimum atomic E-state index is -2.97. The summed E-state index contributed by atoms with van der Waals surface area (Å²) in [6, 6.07) is 4.38. The molecule has 1 aromatic rings. The number of hydrogen-bond donors (Lipinski definition) is 1. The van der Waals surface area contributed by atoms with E-state index in [0.29, 0.717) is 5.56 Å². The highest BCUT2D eigenvalue weighted by atomic mass is 35.5. The summed E-state index contributed by atoms with van der Waals surface area (Å²) in [5.41, 5.74) is 0.335. The number of aryl methyl sites for hydroxylation is 1. The zero-order valence-corrected chi connectivity index (χ0v) is 8.73. The maximum absolute atomic E-state index is 13.5. The van der Waals surface area contributed by atoms with Gasteiger partial charge in [0.2, 0.25) is 0 Å². The van der Waals surface area contributed by atoms with Crippen LogP contribution in [0.15, 0.2) is 18.2 Å². The van der Waals surface area contributed by atoms with Crippen LogP contribution in [-0.2, 0) is 9.92 Å². The molecule has 0 saturated carbocycles. The van der Waals surface area contributed by atoms with Crippen molar-refractivity contribution in [2.45, 2.75) is 12.1 Å². The van der Waals surface area contributed by atoms with Gasteiger partial charge in [0.15, 0.2) is 0 Å². The first-order valence-corrected chi connectivity index (χ1v) is 4.49. The average molecular weight is 237 g/mol. The van der Waals surface area contributed by atoms with Crippen LogP contribution >= 0.6 is 23.2 Å². The molecule has 0 radical (unpaired) electrons. The molecule has 1 N–H and O–H groups in total. The molecule has 0 amide bonds. The van der Waals surface area contributed by atoms with E-state index in [9.17, 15) is 9.18 Å². The van der Waals surface area contributed by atoms with Crippen molar-refractivity contribution < 1.29 is 14.3 Å².